The van der Waals surface area contributed by atoms with Gasteiger partial charge in [0.05, 0.1) is 35.8 Å². The van der Waals surface area contributed by atoms with E-state index < -0.39 is 57.0 Å². The molecule has 1 amide bonds. The highest BCUT2D eigenvalue weighted by atomic mass is 32.1. The highest BCUT2D eigenvalue weighted by Crippen LogP contribution is 2.42. The molecule has 1 aliphatic rings. The third-order valence-corrected chi connectivity index (χ3v) is 6.78. The lowest BCUT2D eigenvalue weighted by atomic mass is 10.0. The maximum Gasteiger partial charge on any atom is 0.420 e. The Balaban J connectivity index is 1.68. The molecule has 14 heteroatoms. The summed E-state index contributed by atoms with van der Waals surface area (Å²) in [5.74, 6) is -4.52. The molecule has 2 heterocycles. The zero-order valence-electron chi connectivity index (χ0n) is 22.4. The second-order valence-corrected chi connectivity index (χ2v) is 9.83. The number of carbonyl (C=O) groups excluding carboxylic acids is 1. The van der Waals surface area contributed by atoms with Crippen molar-refractivity contribution in [2.75, 3.05) is 29.6 Å². The first-order chi connectivity index (χ1) is 19.7. The van der Waals surface area contributed by atoms with Crippen molar-refractivity contribution in [2.45, 2.75) is 32.5 Å². The SMILES string of the molecule is CCOCCOc1ccc(-c2ncc(N3C(=S)N(c4ccc(C#N)c(C(F)(F)F)c4F)C(=O)C3(C)C)cc2F)cc1F. The Morgan fingerprint density at radius 2 is 1.79 bits per heavy atom. The predicted molar refractivity (Wildman–Crippen MR) is 144 cm³/mol. The van der Waals surface area contributed by atoms with Gasteiger partial charge in [-0.15, -0.1) is 0 Å². The molecule has 0 N–H and O–H groups in total. The third kappa shape index (κ3) is 5.49. The minimum atomic E-state index is -5.24. The van der Waals surface area contributed by atoms with Crippen molar-refractivity contribution in [2.24, 2.45) is 0 Å². The van der Waals surface area contributed by atoms with Crippen molar-refractivity contribution in [3.05, 3.63) is 71.2 Å². The van der Waals surface area contributed by atoms with Crippen LogP contribution in [0.25, 0.3) is 11.3 Å². The summed E-state index contributed by atoms with van der Waals surface area (Å²) in [7, 11) is 0. The lowest BCUT2D eigenvalue weighted by Gasteiger charge is -2.29. The molecule has 1 aromatic heterocycles. The summed E-state index contributed by atoms with van der Waals surface area (Å²) < 4.78 is 96.3. The Hall–Kier alpha value is -4.22. The van der Waals surface area contributed by atoms with Crippen LogP contribution in [0.15, 0.2) is 42.6 Å². The van der Waals surface area contributed by atoms with Crippen molar-refractivity contribution < 1.29 is 40.6 Å². The molecule has 2 aromatic carbocycles. The van der Waals surface area contributed by atoms with Gasteiger partial charge in [0.15, 0.2) is 28.3 Å². The fourth-order valence-corrected chi connectivity index (χ4v) is 4.95. The van der Waals surface area contributed by atoms with Crippen LogP contribution >= 0.6 is 12.2 Å². The quantitative estimate of drug-likeness (QED) is 0.167. The van der Waals surface area contributed by atoms with E-state index in [4.69, 9.17) is 27.0 Å². The van der Waals surface area contributed by atoms with Gasteiger partial charge in [-0.05, 0) is 63.3 Å². The highest BCUT2D eigenvalue weighted by molar-refractivity contribution is 7.81. The summed E-state index contributed by atoms with van der Waals surface area (Å²) in [4.78, 5) is 19.1. The smallest absolute Gasteiger partial charge is 0.420 e. The van der Waals surface area contributed by atoms with Crippen LogP contribution in [0.1, 0.15) is 31.9 Å². The summed E-state index contributed by atoms with van der Waals surface area (Å²) in [5.41, 5.74) is -5.48. The lowest BCUT2D eigenvalue weighted by molar-refractivity contribution is -0.140. The molecule has 0 saturated carbocycles. The lowest BCUT2D eigenvalue weighted by Crippen LogP contribution is -2.44. The fraction of sp³-hybridized carbons (Fsp3) is 0.286. The topological polar surface area (TPSA) is 78.7 Å². The molecule has 1 saturated heterocycles. The number of carbonyl (C=O) groups is 1. The molecule has 1 aliphatic heterocycles. The van der Waals surface area contributed by atoms with E-state index in [9.17, 15) is 22.4 Å². The maximum absolute atomic E-state index is 15.3. The molecule has 0 radical (unpaired) electrons. The average molecular weight is 609 g/mol. The van der Waals surface area contributed by atoms with Crippen LogP contribution in [0.4, 0.5) is 37.7 Å². The summed E-state index contributed by atoms with van der Waals surface area (Å²) >= 11 is 5.36. The van der Waals surface area contributed by atoms with Crippen molar-refractivity contribution in [1.82, 2.24) is 4.98 Å². The second-order valence-electron chi connectivity index (χ2n) is 9.46. The van der Waals surface area contributed by atoms with Gasteiger partial charge in [0.2, 0.25) is 0 Å². The molecule has 0 atom stereocenters. The Bertz CT molecular complexity index is 1610. The van der Waals surface area contributed by atoms with E-state index >= 15 is 8.78 Å². The van der Waals surface area contributed by atoms with Crippen LogP contribution < -0.4 is 14.5 Å². The number of alkyl halides is 3. The average Bonchev–Trinajstić information content (AvgIpc) is 3.09. The Labute approximate surface area is 241 Å². The Morgan fingerprint density at radius 1 is 1.07 bits per heavy atom. The van der Waals surface area contributed by atoms with Gasteiger partial charge in [-0.3, -0.25) is 14.7 Å². The van der Waals surface area contributed by atoms with E-state index in [0.29, 0.717) is 11.5 Å². The number of thiocarbonyl (C=S) groups is 1. The van der Waals surface area contributed by atoms with E-state index in [0.717, 1.165) is 35.4 Å². The number of hydrogen-bond acceptors (Lipinski definition) is 6. The number of halogens is 6. The summed E-state index contributed by atoms with van der Waals surface area (Å²) in [6.45, 7) is 5.36. The van der Waals surface area contributed by atoms with Gasteiger partial charge >= 0.3 is 6.18 Å². The van der Waals surface area contributed by atoms with Gasteiger partial charge in [-0.25, -0.2) is 13.2 Å². The van der Waals surface area contributed by atoms with E-state index in [1.807, 2.05) is 0 Å². The molecule has 7 nitrogen and oxygen atoms in total. The zero-order chi connectivity index (χ0) is 31.0. The molecular formula is C28H22F6N4O3S. The highest BCUT2D eigenvalue weighted by Gasteiger charge is 2.52. The molecule has 0 unspecified atom stereocenters. The molecular weight excluding hydrogens is 586 g/mol. The monoisotopic (exact) mass is 608 g/mol. The number of amides is 1. The number of ether oxygens (including phenoxy) is 2. The van der Waals surface area contributed by atoms with E-state index in [2.05, 4.69) is 4.98 Å². The van der Waals surface area contributed by atoms with Gasteiger partial charge in [-0.2, -0.15) is 18.4 Å². The minimum Gasteiger partial charge on any atom is -0.488 e. The van der Waals surface area contributed by atoms with Gasteiger partial charge < -0.3 is 14.4 Å². The molecule has 4 rings (SSSR count). The molecule has 0 spiro atoms. The number of anilines is 2. The van der Waals surface area contributed by atoms with Crippen LogP contribution in [-0.4, -0.2) is 41.4 Å². The van der Waals surface area contributed by atoms with E-state index in [1.54, 1.807) is 6.92 Å². The van der Waals surface area contributed by atoms with Gasteiger partial charge in [0, 0.05) is 18.2 Å². The first kappa shape index (κ1) is 30.7. The number of aromatic nitrogens is 1. The first-order valence-corrected chi connectivity index (χ1v) is 12.8. The van der Waals surface area contributed by atoms with Crippen LogP contribution in [0.3, 0.4) is 0 Å². The number of benzene rings is 2. The summed E-state index contributed by atoms with van der Waals surface area (Å²) in [5, 5.41) is 8.60. The van der Waals surface area contributed by atoms with Crippen LogP contribution in [-0.2, 0) is 15.7 Å². The Morgan fingerprint density at radius 3 is 2.38 bits per heavy atom. The van der Waals surface area contributed by atoms with Crippen molar-refractivity contribution >= 4 is 34.6 Å². The predicted octanol–water partition coefficient (Wildman–Crippen LogP) is 6.39. The van der Waals surface area contributed by atoms with Crippen LogP contribution in [0.5, 0.6) is 5.75 Å². The molecule has 220 valence electrons. The third-order valence-electron chi connectivity index (χ3n) is 6.41. The van der Waals surface area contributed by atoms with Gasteiger partial charge in [0.25, 0.3) is 5.91 Å². The number of nitrogens with zero attached hydrogens (tertiary/aromatic N) is 4. The fourth-order valence-electron chi connectivity index (χ4n) is 4.43. The second kappa shape index (κ2) is 11.6. The van der Waals surface area contributed by atoms with Crippen molar-refractivity contribution in [3.63, 3.8) is 0 Å². The maximum atomic E-state index is 15.3. The molecule has 3 aromatic rings. The van der Waals surface area contributed by atoms with Crippen molar-refractivity contribution in [1.29, 1.82) is 5.26 Å². The summed E-state index contributed by atoms with van der Waals surface area (Å²) in [6, 6.07) is 7.56. The number of hydrogen-bond donors (Lipinski definition) is 0. The van der Waals surface area contributed by atoms with Crippen LogP contribution in [0.2, 0.25) is 0 Å². The van der Waals surface area contributed by atoms with E-state index in [-0.39, 0.29) is 35.9 Å². The standard InChI is InChI=1S/C28H22F6N4O3S/c1-4-40-9-10-41-21-8-6-15(11-18(21)29)24-19(30)12-17(14-36-24)38-26(42)37(25(39)27(38,2)3)20-7-5-16(13-35)22(23(20)31)28(32,33)34/h5-8,11-12,14H,4,9-10H2,1-3H3. The number of nitriles is 1. The zero-order valence-corrected chi connectivity index (χ0v) is 23.2. The van der Waals surface area contributed by atoms with Crippen molar-refractivity contribution in [3.8, 4) is 23.1 Å². The van der Waals surface area contributed by atoms with Gasteiger partial charge in [0.1, 0.15) is 23.4 Å². The Kier molecular flexibility index (Phi) is 8.47. The largest absolute Gasteiger partial charge is 0.488 e. The summed E-state index contributed by atoms with van der Waals surface area (Å²) in [6.07, 6.45) is -4.09. The number of pyridine rings is 1. The normalized spacial score (nSPS) is 14.9. The molecule has 0 bridgehead atoms. The molecule has 1 fully saturated rings. The minimum absolute atomic E-state index is 0.0662. The first-order valence-electron chi connectivity index (χ1n) is 12.4. The van der Waals surface area contributed by atoms with Gasteiger partial charge in [-0.1, -0.05) is 0 Å². The van der Waals surface area contributed by atoms with Crippen LogP contribution in [0, 0.1) is 28.8 Å². The van der Waals surface area contributed by atoms with E-state index in [1.165, 1.54) is 32.0 Å². The molecule has 42 heavy (non-hydrogen) atoms. The number of rotatable bonds is 8. The molecule has 0 aliphatic carbocycles.